The van der Waals surface area contributed by atoms with E-state index in [1.165, 1.54) is 11.1 Å². The molecular formula is C17H23N3O. The molecule has 1 N–H and O–H groups in total. The van der Waals surface area contributed by atoms with Gasteiger partial charge in [0.1, 0.15) is 11.6 Å². The molecule has 0 radical (unpaired) electrons. The van der Waals surface area contributed by atoms with Crippen LogP contribution in [-0.2, 0) is 6.42 Å². The van der Waals surface area contributed by atoms with E-state index in [0.29, 0.717) is 0 Å². The van der Waals surface area contributed by atoms with E-state index < -0.39 is 0 Å². The van der Waals surface area contributed by atoms with Gasteiger partial charge in [-0.25, -0.2) is 9.97 Å². The van der Waals surface area contributed by atoms with Crippen LogP contribution in [0, 0.1) is 13.8 Å². The first-order valence-corrected chi connectivity index (χ1v) is 7.29. The summed E-state index contributed by atoms with van der Waals surface area (Å²) in [5.41, 5.74) is 3.47. The lowest BCUT2D eigenvalue weighted by Crippen LogP contribution is -2.25. The zero-order chi connectivity index (χ0) is 15.2. The highest BCUT2D eigenvalue weighted by Gasteiger charge is 2.16. The van der Waals surface area contributed by atoms with Crippen LogP contribution < -0.4 is 10.1 Å². The summed E-state index contributed by atoms with van der Waals surface area (Å²) >= 11 is 0. The van der Waals surface area contributed by atoms with E-state index in [1.54, 1.807) is 7.11 Å². The molecule has 0 amide bonds. The van der Waals surface area contributed by atoms with Crippen LogP contribution in [0.1, 0.15) is 35.5 Å². The summed E-state index contributed by atoms with van der Waals surface area (Å²) in [7, 11) is 1.71. The molecule has 21 heavy (non-hydrogen) atoms. The van der Waals surface area contributed by atoms with Gasteiger partial charge in [0, 0.05) is 12.4 Å². The van der Waals surface area contributed by atoms with E-state index in [-0.39, 0.29) is 6.04 Å². The summed E-state index contributed by atoms with van der Waals surface area (Å²) in [5.74, 6) is 1.74. The van der Waals surface area contributed by atoms with Gasteiger partial charge in [0.2, 0.25) is 0 Å². The van der Waals surface area contributed by atoms with Crippen LogP contribution >= 0.6 is 0 Å². The van der Waals surface area contributed by atoms with Gasteiger partial charge in [-0.15, -0.1) is 0 Å². The molecule has 0 fully saturated rings. The Kier molecular flexibility index (Phi) is 5.28. The maximum atomic E-state index is 5.47. The van der Waals surface area contributed by atoms with Crippen molar-refractivity contribution in [3.05, 3.63) is 53.1 Å². The van der Waals surface area contributed by atoms with Crippen molar-refractivity contribution < 1.29 is 4.74 Å². The molecule has 0 saturated heterocycles. The molecule has 1 atom stereocenters. The van der Waals surface area contributed by atoms with Gasteiger partial charge in [0.05, 0.1) is 13.2 Å². The first kappa shape index (κ1) is 15.4. The third-order valence-corrected chi connectivity index (χ3v) is 3.42. The second kappa shape index (κ2) is 7.18. The van der Waals surface area contributed by atoms with Gasteiger partial charge in [-0.3, -0.25) is 0 Å². The minimum atomic E-state index is 0.0892. The lowest BCUT2D eigenvalue weighted by atomic mass is 10.0. The minimum Gasteiger partial charge on any atom is -0.496 e. The van der Waals surface area contributed by atoms with E-state index in [2.05, 4.69) is 41.3 Å². The molecule has 0 saturated carbocycles. The Morgan fingerprint density at radius 1 is 1.14 bits per heavy atom. The Labute approximate surface area is 126 Å². The first-order valence-electron chi connectivity index (χ1n) is 7.29. The summed E-state index contributed by atoms with van der Waals surface area (Å²) in [6.07, 6.45) is 4.53. The number of hydrogen-bond donors (Lipinski definition) is 1. The SMILES string of the molecule is CCNC(Cc1cc(C)ccc1OC)c1ncc(C)cn1. The molecule has 1 aromatic carbocycles. The summed E-state index contributed by atoms with van der Waals surface area (Å²) in [4.78, 5) is 8.91. The Morgan fingerprint density at radius 3 is 2.48 bits per heavy atom. The van der Waals surface area contributed by atoms with E-state index in [0.717, 1.165) is 30.1 Å². The molecule has 112 valence electrons. The van der Waals surface area contributed by atoms with Crippen LogP contribution in [0.3, 0.4) is 0 Å². The lowest BCUT2D eigenvalue weighted by molar-refractivity contribution is 0.404. The number of rotatable bonds is 6. The second-order valence-electron chi connectivity index (χ2n) is 5.25. The number of aryl methyl sites for hydroxylation is 2. The van der Waals surface area contributed by atoms with E-state index in [9.17, 15) is 0 Å². The normalized spacial score (nSPS) is 12.2. The van der Waals surface area contributed by atoms with Gasteiger partial charge in [-0.1, -0.05) is 24.6 Å². The highest BCUT2D eigenvalue weighted by atomic mass is 16.5. The fourth-order valence-electron chi connectivity index (χ4n) is 2.37. The quantitative estimate of drug-likeness (QED) is 0.886. The smallest absolute Gasteiger partial charge is 0.145 e. The Morgan fingerprint density at radius 2 is 1.86 bits per heavy atom. The van der Waals surface area contributed by atoms with Crippen molar-refractivity contribution in [2.45, 2.75) is 33.2 Å². The lowest BCUT2D eigenvalue weighted by Gasteiger charge is -2.18. The predicted molar refractivity (Wildman–Crippen MR) is 84.6 cm³/mol. The summed E-state index contributed by atoms with van der Waals surface area (Å²) in [6.45, 7) is 7.05. The van der Waals surface area contributed by atoms with E-state index >= 15 is 0 Å². The molecule has 4 nitrogen and oxygen atoms in total. The number of hydrogen-bond acceptors (Lipinski definition) is 4. The van der Waals surface area contributed by atoms with Crippen molar-refractivity contribution in [2.75, 3.05) is 13.7 Å². The van der Waals surface area contributed by atoms with E-state index in [4.69, 9.17) is 4.74 Å². The number of nitrogens with zero attached hydrogens (tertiary/aromatic N) is 2. The Hall–Kier alpha value is -1.94. The molecule has 1 aromatic heterocycles. The number of aromatic nitrogens is 2. The highest BCUT2D eigenvalue weighted by molar-refractivity contribution is 5.37. The zero-order valence-corrected chi connectivity index (χ0v) is 13.2. The minimum absolute atomic E-state index is 0.0892. The third kappa shape index (κ3) is 4.02. The standard InChI is InChI=1S/C17H23N3O/c1-5-18-15(17-19-10-13(3)11-20-17)9-14-8-12(2)6-7-16(14)21-4/h6-8,10-11,15,18H,5,9H2,1-4H3. The highest BCUT2D eigenvalue weighted by Crippen LogP contribution is 2.25. The molecule has 0 bridgehead atoms. The van der Waals surface area contributed by atoms with Crippen LogP contribution in [0.15, 0.2) is 30.6 Å². The fraction of sp³-hybridized carbons (Fsp3) is 0.412. The summed E-state index contributed by atoms with van der Waals surface area (Å²) < 4.78 is 5.47. The van der Waals surface area contributed by atoms with Crippen LogP contribution in [0.25, 0.3) is 0 Å². The summed E-state index contributed by atoms with van der Waals surface area (Å²) in [6, 6.07) is 6.33. The van der Waals surface area contributed by atoms with Gasteiger partial charge < -0.3 is 10.1 Å². The number of nitrogens with one attached hydrogen (secondary N) is 1. The maximum Gasteiger partial charge on any atom is 0.145 e. The van der Waals surface area contributed by atoms with Crippen molar-refractivity contribution >= 4 is 0 Å². The number of likely N-dealkylation sites (N-methyl/N-ethyl adjacent to an activating group) is 1. The average Bonchev–Trinajstić information content (AvgIpc) is 2.48. The van der Waals surface area contributed by atoms with Crippen molar-refractivity contribution in [3.8, 4) is 5.75 Å². The van der Waals surface area contributed by atoms with Crippen LogP contribution in [-0.4, -0.2) is 23.6 Å². The van der Waals surface area contributed by atoms with Gasteiger partial charge in [-0.05, 0) is 44.0 Å². The average molecular weight is 285 g/mol. The molecule has 1 heterocycles. The van der Waals surface area contributed by atoms with Crippen LogP contribution in [0.4, 0.5) is 0 Å². The molecule has 0 spiro atoms. The summed E-state index contributed by atoms with van der Waals surface area (Å²) in [5, 5.41) is 3.46. The van der Waals surface area contributed by atoms with Crippen molar-refractivity contribution in [3.63, 3.8) is 0 Å². The topological polar surface area (TPSA) is 47.0 Å². The van der Waals surface area contributed by atoms with Crippen molar-refractivity contribution in [1.29, 1.82) is 0 Å². The van der Waals surface area contributed by atoms with Gasteiger partial charge in [-0.2, -0.15) is 0 Å². The molecule has 0 aliphatic rings. The van der Waals surface area contributed by atoms with Crippen molar-refractivity contribution in [1.82, 2.24) is 15.3 Å². The number of benzene rings is 1. The molecule has 0 aliphatic heterocycles. The largest absolute Gasteiger partial charge is 0.496 e. The van der Waals surface area contributed by atoms with E-state index in [1.807, 2.05) is 25.4 Å². The fourth-order valence-corrected chi connectivity index (χ4v) is 2.37. The molecule has 2 aromatic rings. The molecule has 0 aliphatic carbocycles. The second-order valence-corrected chi connectivity index (χ2v) is 5.25. The van der Waals surface area contributed by atoms with Crippen LogP contribution in [0.2, 0.25) is 0 Å². The monoisotopic (exact) mass is 285 g/mol. The zero-order valence-electron chi connectivity index (χ0n) is 13.2. The third-order valence-electron chi connectivity index (χ3n) is 3.42. The number of methoxy groups -OCH3 is 1. The molecule has 1 unspecified atom stereocenters. The Bertz CT molecular complexity index is 581. The van der Waals surface area contributed by atoms with Crippen LogP contribution in [0.5, 0.6) is 5.75 Å². The van der Waals surface area contributed by atoms with Crippen molar-refractivity contribution in [2.24, 2.45) is 0 Å². The Balaban J connectivity index is 2.27. The molecule has 4 heteroatoms. The molecular weight excluding hydrogens is 262 g/mol. The first-order chi connectivity index (χ1) is 10.1. The van der Waals surface area contributed by atoms with Gasteiger partial charge >= 0.3 is 0 Å². The van der Waals surface area contributed by atoms with Gasteiger partial charge in [0.15, 0.2) is 0 Å². The number of ether oxygens (including phenoxy) is 1. The van der Waals surface area contributed by atoms with Gasteiger partial charge in [0.25, 0.3) is 0 Å². The maximum absolute atomic E-state index is 5.47. The molecule has 2 rings (SSSR count). The predicted octanol–water partition coefficient (Wildman–Crippen LogP) is 3.00.